The molecule has 0 rings (SSSR count). The molecule has 0 aliphatic carbocycles. The van der Waals surface area contributed by atoms with E-state index in [0.29, 0.717) is 13.2 Å². The highest BCUT2D eigenvalue weighted by Crippen LogP contribution is 2.10. The van der Waals surface area contributed by atoms with E-state index >= 15 is 0 Å². The molecule has 0 saturated heterocycles. The summed E-state index contributed by atoms with van der Waals surface area (Å²) in [5, 5.41) is 18.4. The summed E-state index contributed by atoms with van der Waals surface area (Å²) in [4.78, 5) is 0. The molecule has 0 fully saturated rings. The van der Waals surface area contributed by atoms with Gasteiger partial charge in [-0.3, -0.25) is 0 Å². The Bertz CT molecular complexity index is 211. The third-order valence-corrected chi connectivity index (χ3v) is 3.78. The Labute approximate surface area is 137 Å². The van der Waals surface area contributed by atoms with Crippen LogP contribution in [0.1, 0.15) is 78.1 Å². The van der Waals surface area contributed by atoms with Crippen molar-refractivity contribution >= 4 is 0 Å². The Morgan fingerprint density at radius 1 is 0.818 bits per heavy atom. The molecule has 22 heavy (non-hydrogen) atoms. The molecule has 0 saturated carbocycles. The van der Waals surface area contributed by atoms with Crippen LogP contribution in [0.2, 0.25) is 0 Å². The zero-order valence-electron chi connectivity index (χ0n) is 14.8. The van der Waals surface area contributed by atoms with Gasteiger partial charge in [-0.15, -0.1) is 0 Å². The number of hydrogen-bond donors (Lipinski definition) is 2. The monoisotopic (exact) mass is 318 g/mol. The molecule has 0 radical (unpaired) electrons. The van der Waals surface area contributed by atoms with E-state index in [1.165, 1.54) is 57.8 Å². The van der Waals surface area contributed by atoms with Crippen LogP contribution in [-0.4, -0.2) is 48.8 Å². The number of aliphatic hydroxyl groups excluding tert-OH is 2. The van der Waals surface area contributed by atoms with Gasteiger partial charge in [-0.25, -0.2) is 0 Å². The third-order valence-electron chi connectivity index (χ3n) is 3.78. The Morgan fingerprint density at radius 3 is 1.91 bits per heavy atom. The van der Waals surface area contributed by atoms with E-state index in [1.807, 2.05) is 0 Å². The van der Waals surface area contributed by atoms with Gasteiger partial charge in [0.15, 0.2) is 0 Å². The first-order chi connectivity index (χ1) is 10.7. The molecule has 4 heteroatoms. The van der Waals surface area contributed by atoms with Crippen LogP contribution >= 0.6 is 0 Å². The van der Waals surface area contributed by atoms with E-state index in [1.54, 1.807) is 6.92 Å². The summed E-state index contributed by atoms with van der Waals surface area (Å²) >= 11 is 0. The van der Waals surface area contributed by atoms with Crippen LogP contribution in [0, 0.1) is 0 Å². The lowest BCUT2D eigenvalue weighted by Crippen LogP contribution is -2.26. The van der Waals surface area contributed by atoms with Crippen LogP contribution in [-0.2, 0) is 9.47 Å². The number of hydrogen-bond acceptors (Lipinski definition) is 4. The van der Waals surface area contributed by atoms with Crippen molar-refractivity contribution in [3.05, 3.63) is 0 Å². The van der Waals surface area contributed by atoms with Crippen molar-refractivity contribution in [3.63, 3.8) is 0 Å². The van der Waals surface area contributed by atoms with Crippen molar-refractivity contribution < 1.29 is 19.7 Å². The topological polar surface area (TPSA) is 58.9 Å². The molecule has 0 amide bonds. The van der Waals surface area contributed by atoms with E-state index in [-0.39, 0.29) is 19.3 Å². The Morgan fingerprint density at radius 2 is 1.36 bits per heavy atom. The molecule has 2 N–H and O–H groups in total. The lowest BCUT2D eigenvalue weighted by Gasteiger charge is -2.14. The van der Waals surface area contributed by atoms with Crippen LogP contribution in [0.15, 0.2) is 0 Å². The van der Waals surface area contributed by atoms with Crippen LogP contribution in [0.25, 0.3) is 0 Å². The molecular weight excluding hydrogens is 280 g/mol. The second kappa shape index (κ2) is 17.2. The SMILES string of the molecule is CCCCCCCCCCCCOCC(O)COC(C)CO. The van der Waals surface area contributed by atoms with Gasteiger partial charge in [-0.05, 0) is 13.3 Å². The van der Waals surface area contributed by atoms with Crippen molar-refractivity contribution in [2.24, 2.45) is 0 Å². The maximum Gasteiger partial charge on any atom is 0.101 e. The fourth-order valence-corrected chi connectivity index (χ4v) is 2.29. The fourth-order valence-electron chi connectivity index (χ4n) is 2.29. The average molecular weight is 318 g/mol. The summed E-state index contributed by atoms with van der Waals surface area (Å²) in [6.07, 6.45) is 12.3. The first-order valence-electron chi connectivity index (χ1n) is 9.19. The number of ether oxygens (including phenoxy) is 2. The molecule has 0 aromatic carbocycles. The van der Waals surface area contributed by atoms with Crippen molar-refractivity contribution in [1.29, 1.82) is 0 Å². The van der Waals surface area contributed by atoms with Gasteiger partial charge in [0.05, 0.1) is 25.9 Å². The van der Waals surface area contributed by atoms with Gasteiger partial charge in [-0.2, -0.15) is 0 Å². The predicted octanol–water partition coefficient (Wildman–Crippen LogP) is 3.68. The third kappa shape index (κ3) is 16.2. The maximum absolute atomic E-state index is 9.62. The predicted molar refractivity (Wildman–Crippen MR) is 91.2 cm³/mol. The van der Waals surface area contributed by atoms with Crippen LogP contribution in [0.3, 0.4) is 0 Å². The average Bonchev–Trinajstić information content (AvgIpc) is 2.53. The zero-order valence-corrected chi connectivity index (χ0v) is 14.8. The summed E-state index contributed by atoms with van der Waals surface area (Å²) in [7, 11) is 0. The van der Waals surface area contributed by atoms with Crippen molar-refractivity contribution in [2.45, 2.75) is 90.3 Å². The first-order valence-corrected chi connectivity index (χ1v) is 9.19. The van der Waals surface area contributed by atoms with Gasteiger partial charge in [-0.1, -0.05) is 64.7 Å². The minimum absolute atomic E-state index is 0.0216. The summed E-state index contributed by atoms with van der Waals surface area (Å²) < 4.78 is 10.7. The lowest BCUT2D eigenvalue weighted by molar-refractivity contribution is -0.0521. The Balaban J connectivity index is 3.13. The zero-order chi connectivity index (χ0) is 16.5. The van der Waals surface area contributed by atoms with Gasteiger partial charge >= 0.3 is 0 Å². The molecule has 0 aromatic heterocycles. The molecule has 0 spiro atoms. The Kier molecular flexibility index (Phi) is 17.1. The van der Waals surface area contributed by atoms with Gasteiger partial charge in [0.1, 0.15) is 6.10 Å². The van der Waals surface area contributed by atoms with Crippen LogP contribution < -0.4 is 0 Å². The van der Waals surface area contributed by atoms with E-state index in [9.17, 15) is 5.11 Å². The molecule has 0 aliphatic rings. The van der Waals surface area contributed by atoms with E-state index < -0.39 is 6.10 Å². The Hall–Kier alpha value is -0.160. The summed E-state index contributed by atoms with van der Waals surface area (Å²) in [5.74, 6) is 0. The maximum atomic E-state index is 9.62. The quantitative estimate of drug-likeness (QED) is 0.402. The second-order valence-corrected chi connectivity index (χ2v) is 6.24. The normalized spacial score (nSPS) is 14.2. The van der Waals surface area contributed by atoms with Gasteiger partial charge < -0.3 is 19.7 Å². The summed E-state index contributed by atoms with van der Waals surface area (Å²) in [5.41, 5.74) is 0. The molecule has 4 nitrogen and oxygen atoms in total. The fraction of sp³-hybridized carbons (Fsp3) is 1.00. The number of aliphatic hydroxyl groups is 2. The van der Waals surface area contributed by atoms with Gasteiger partial charge in [0.2, 0.25) is 0 Å². The van der Waals surface area contributed by atoms with E-state index in [2.05, 4.69) is 6.92 Å². The van der Waals surface area contributed by atoms with Crippen LogP contribution in [0.5, 0.6) is 0 Å². The minimum atomic E-state index is -0.600. The first kappa shape index (κ1) is 21.8. The lowest BCUT2D eigenvalue weighted by atomic mass is 10.1. The van der Waals surface area contributed by atoms with Gasteiger partial charge in [0.25, 0.3) is 0 Å². The van der Waals surface area contributed by atoms with Crippen molar-refractivity contribution in [2.75, 3.05) is 26.4 Å². The van der Waals surface area contributed by atoms with Crippen molar-refractivity contribution in [1.82, 2.24) is 0 Å². The molecule has 0 bridgehead atoms. The summed E-state index contributed by atoms with van der Waals surface area (Å²) in [6.45, 7) is 5.26. The molecule has 2 unspecified atom stereocenters. The second-order valence-electron chi connectivity index (χ2n) is 6.24. The van der Waals surface area contributed by atoms with E-state index in [0.717, 1.165) is 6.42 Å². The highest BCUT2D eigenvalue weighted by atomic mass is 16.5. The molecule has 0 aliphatic heterocycles. The number of rotatable bonds is 17. The smallest absolute Gasteiger partial charge is 0.101 e. The number of unbranched alkanes of at least 4 members (excludes halogenated alkanes) is 9. The standard InChI is InChI=1S/C18H38O4/c1-3-4-5-6-7-8-9-10-11-12-13-21-15-18(20)16-22-17(2)14-19/h17-20H,3-16H2,1-2H3. The largest absolute Gasteiger partial charge is 0.394 e. The molecule has 0 aromatic rings. The van der Waals surface area contributed by atoms with Gasteiger partial charge in [0, 0.05) is 6.61 Å². The van der Waals surface area contributed by atoms with Crippen molar-refractivity contribution in [3.8, 4) is 0 Å². The summed E-state index contributed by atoms with van der Waals surface area (Å²) in [6, 6.07) is 0. The molecule has 2 atom stereocenters. The highest BCUT2D eigenvalue weighted by Gasteiger charge is 2.07. The van der Waals surface area contributed by atoms with Crippen LogP contribution in [0.4, 0.5) is 0 Å². The van der Waals surface area contributed by atoms with E-state index in [4.69, 9.17) is 14.6 Å². The minimum Gasteiger partial charge on any atom is -0.394 e. The molecule has 0 heterocycles. The molecule has 134 valence electrons. The molecular formula is C18H38O4. The highest BCUT2D eigenvalue weighted by molar-refractivity contribution is 4.54.